The molecule has 148 valence electrons. The Morgan fingerprint density at radius 3 is 2.64 bits per heavy atom. The standard InChI is InChI=1S/C19H20BrN3O5/c1-12(13-4-3-5-14(8-13)23(25)26)22(2)11-19(24)21-16-10-18-17(9-15(16)20)27-6-7-28-18/h3-5,8-10,12H,6-7,11H2,1-2H3,(H,21,24)/t12-/m1/s1. The number of carbonyl (C=O) groups excluding carboxylic acids is 1. The van der Waals surface area contributed by atoms with Crippen molar-refractivity contribution in [1.29, 1.82) is 0 Å². The van der Waals surface area contributed by atoms with Crippen molar-refractivity contribution < 1.29 is 19.2 Å². The number of likely N-dealkylation sites (N-methyl/N-ethyl adjacent to an activating group) is 1. The Hall–Kier alpha value is -2.65. The van der Waals surface area contributed by atoms with Gasteiger partial charge in [0.25, 0.3) is 5.69 Å². The van der Waals surface area contributed by atoms with Crippen molar-refractivity contribution in [2.45, 2.75) is 13.0 Å². The van der Waals surface area contributed by atoms with Crippen LogP contribution in [0, 0.1) is 10.1 Å². The van der Waals surface area contributed by atoms with Crippen LogP contribution < -0.4 is 14.8 Å². The molecule has 0 spiro atoms. The second-order valence-electron chi connectivity index (χ2n) is 6.47. The van der Waals surface area contributed by atoms with Crippen LogP contribution in [0.1, 0.15) is 18.5 Å². The van der Waals surface area contributed by atoms with Crippen LogP contribution in [-0.2, 0) is 4.79 Å². The van der Waals surface area contributed by atoms with Crippen molar-refractivity contribution in [3.05, 3.63) is 56.5 Å². The number of benzene rings is 2. The molecule has 2 aromatic carbocycles. The summed E-state index contributed by atoms with van der Waals surface area (Å²) in [5, 5.41) is 13.8. The topological polar surface area (TPSA) is 93.9 Å². The van der Waals surface area contributed by atoms with Crippen LogP contribution in [0.4, 0.5) is 11.4 Å². The molecule has 0 radical (unpaired) electrons. The van der Waals surface area contributed by atoms with E-state index in [1.807, 2.05) is 17.9 Å². The Balaban J connectivity index is 1.66. The monoisotopic (exact) mass is 449 g/mol. The lowest BCUT2D eigenvalue weighted by atomic mass is 10.1. The van der Waals surface area contributed by atoms with Crippen LogP contribution in [0.5, 0.6) is 11.5 Å². The molecule has 1 N–H and O–H groups in total. The highest BCUT2D eigenvalue weighted by Crippen LogP contribution is 2.38. The van der Waals surface area contributed by atoms with E-state index in [1.165, 1.54) is 12.1 Å². The molecule has 0 saturated carbocycles. The number of nitrogens with zero attached hydrogens (tertiary/aromatic N) is 2. The van der Waals surface area contributed by atoms with E-state index in [4.69, 9.17) is 9.47 Å². The molecule has 0 saturated heterocycles. The Morgan fingerprint density at radius 2 is 1.96 bits per heavy atom. The van der Waals surface area contributed by atoms with E-state index >= 15 is 0 Å². The molecule has 1 aliphatic heterocycles. The van der Waals surface area contributed by atoms with Crippen LogP contribution >= 0.6 is 15.9 Å². The van der Waals surface area contributed by atoms with Crippen LogP contribution in [0.2, 0.25) is 0 Å². The summed E-state index contributed by atoms with van der Waals surface area (Å²) in [6, 6.07) is 9.74. The number of fused-ring (bicyclic) bond motifs is 1. The van der Waals surface area contributed by atoms with E-state index in [0.717, 1.165) is 5.56 Å². The number of non-ortho nitro benzene ring substituents is 1. The fourth-order valence-electron chi connectivity index (χ4n) is 2.87. The molecule has 1 amide bonds. The zero-order chi connectivity index (χ0) is 20.3. The fraction of sp³-hybridized carbons (Fsp3) is 0.316. The van der Waals surface area contributed by atoms with Gasteiger partial charge in [0.05, 0.1) is 17.2 Å². The van der Waals surface area contributed by atoms with Gasteiger partial charge in [0.15, 0.2) is 11.5 Å². The first kappa shape index (κ1) is 20.1. The van der Waals surface area contributed by atoms with E-state index in [2.05, 4.69) is 21.2 Å². The third kappa shape index (κ3) is 4.60. The number of nitro groups is 1. The summed E-state index contributed by atoms with van der Waals surface area (Å²) < 4.78 is 11.8. The quantitative estimate of drug-likeness (QED) is 0.532. The SMILES string of the molecule is C[C@H](c1cccc([N+](=O)[O-])c1)N(C)CC(=O)Nc1cc2c(cc1Br)OCCO2. The second-order valence-corrected chi connectivity index (χ2v) is 7.32. The fourth-order valence-corrected chi connectivity index (χ4v) is 3.29. The summed E-state index contributed by atoms with van der Waals surface area (Å²) in [6.07, 6.45) is 0. The number of anilines is 1. The van der Waals surface area contributed by atoms with Crippen molar-refractivity contribution in [2.24, 2.45) is 0 Å². The molecule has 0 aliphatic carbocycles. The van der Waals surface area contributed by atoms with Gasteiger partial charge in [-0.05, 0) is 35.5 Å². The third-order valence-electron chi connectivity index (χ3n) is 4.52. The van der Waals surface area contributed by atoms with Gasteiger partial charge < -0.3 is 14.8 Å². The molecule has 0 fully saturated rings. The van der Waals surface area contributed by atoms with E-state index in [-0.39, 0.29) is 24.2 Å². The molecule has 3 rings (SSSR count). The minimum Gasteiger partial charge on any atom is -0.486 e. The Kier molecular flexibility index (Phi) is 6.15. The maximum Gasteiger partial charge on any atom is 0.269 e. The zero-order valence-corrected chi connectivity index (χ0v) is 17.1. The van der Waals surface area contributed by atoms with Crippen molar-refractivity contribution in [1.82, 2.24) is 4.90 Å². The number of ether oxygens (including phenoxy) is 2. The van der Waals surface area contributed by atoms with E-state index in [1.54, 1.807) is 25.2 Å². The molecule has 0 aromatic heterocycles. The van der Waals surface area contributed by atoms with Crippen LogP contribution in [0.3, 0.4) is 0 Å². The summed E-state index contributed by atoms with van der Waals surface area (Å²) >= 11 is 3.43. The smallest absolute Gasteiger partial charge is 0.269 e. The van der Waals surface area contributed by atoms with Gasteiger partial charge in [-0.15, -0.1) is 0 Å². The van der Waals surface area contributed by atoms with Gasteiger partial charge >= 0.3 is 0 Å². The molecule has 0 bridgehead atoms. The Labute approximate surface area is 170 Å². The molecule has 1 aliphatic rings. The average Bonchev–Trinajstić information content (AvgIpc) is 2.68. The van der Waals surface area contributed by atoms with Crippen LogP contribution in [0.25, 0.3) is 0 Å². The lowest BCUT2D eigenvalue weighted by molar-refractivity contribution is -0.384. The molecule has 1 atom stereocenters. The zero-order valence-electron chi connectivity index (χ0n) is 15.5. The normalized spacial score (nSPS) is 13.9. The van der Waals surface area contributed by atoms with Crippen LogP contribution in [-0.4, -0.2) is 42.5 Å². The second kappa shape index (κ2) is 8.57. The molecule has 2 aromatic rings. The average molecular weight is 450 g/mol. The maximum atomic E-state index is 12.5. The van der Waals surface area contributed by atoms with Crippen molar-refractivity contribution in [3.63, 3.8) is 0 Å². The number of rotatable bonds is 6. The van der Waals surface area contributed by atoms with Crippen LogP contribution in [0.15, 0.2) is 40.9 Å². The predicted octanol–water partition coefficient (Wildman–Crippen LogP) is 3.76. The first-order valence-electron chi connectivity index (χ1n) is 8.68. The maximum absolute atomic E-state index is 12.5. The molecule has 0 unspecified atom stereocenters. The Morgan fingerprint density at radius 1 is 1.29 bits per heavy atom. The minimum absolute atomic E-state index is 0.0300. The summed E-state index contributed by atoms with van der Waals surface area (Å²) in [7, 11) is 1.79. The van der Waals surface area contributed by atoms with Crippen molar-refractivity contribution in [3.8, 4) is 11.5 Å². The summed E-state index contributed by atoms with van der Waals surface area (Å²) in [5.74, 6) is 1.01. The van der Waals surface area contributed by atoms with Gasteiger partial charge in [0.2, 0.25) is 5.91 Å². The van der Waals surface area contributed by atoms with Gasteiger partial charge in [-0.2, -0.15) is 0 Å². The number of hydrogen-bond acceptors (Lipinski definition) is 6. The number of hydrogen-bond donors (Lipinski definition) is 1. The first-order valence-corrected chi connectivity index (χ1v) is 9.48. The number of carbonyl (C=O) groups is 1. The lowest BCUT2D eigenvalue weighted by Gasteiger charge is -2.25. The van der Waals surface area contributed by atoms with Gasteiger partial charge in [0, 0.05) is 34.8 Å². The van der Waals surface area contributed by atoms with Crippen molar-refractivity contribution in [2.75, 3.05) is 32.1 Å². The summed E-state index contributed by atoms with van der Waals surface area (Å²) in [5.41, 5.74) is 1.39. The molecular formula is C19H20BrN3O5. The lowest BCUT2D eigenvalue weighted by Crippen LogP contribution is -2.32. The largest absolute Gasteiger partial charge is 0.486 e. The molecule has 1 heterocycles. The highest BCUT2D eigenvalue weighted by atomic mass is 79.9. The van der Waals surface area contributed by atoms with E-state index in [9.17, 15) is 14.9 Å². The minimum atomic E-state index is -0.428. The predicted molar refractivity (Wildman–Crippen MR) is 108 cm³/mol. The summed E-state index contributed by atoms with van der Waals surface area (Å²) in [4.78, 5) is 24.9. The van der Waals surface area contributed by atoms with Gasteiger partial charge in [-0.1, -0.05) is 12.1 Å². The number of amides is 1. The van der Waals surface area contributed by atoms with Gasteiger partial charge in [0.1, 0.15) is 13.2 Å². The highest BCUT2D eigenvalue weighted by molar-refractivity contribution is 9.10. The molecule has 8 nitrogen and oxygen atoms in total. The Bertz CT molecular complexity index is 905. The summed E-state index contributed by atoms with van der Waals surface area (Å²) in [6.45, 7) is 2.97. The van der Waals surface area contributed by atoms with Crippen molar-refractivity contribution >= 4 is 33.2 Å². The molecule has 9 heteroatoms. The van der Waals surface area contributed by atoms with E-state index in [0.29, 0.717) is 34.9 Å². The number of halogens is 1. The van der Waals surface area contributed by atoms with E-state index < -0.39 is 4.92 Å². The number of nitro benzene ring substituents is 1. The first-order chi connectivity index (χ1) is 13.3. The third-order valence-corrected chi connectivity index (χ3v) is 5.18. The number of nitrogens with one attached hydrogen (secondary N) is 1. The van der Waals surface area contributed by atoms with Gasteiger partial charge in [-0.3, -0.25) is 19.8 Å². The molecular weight excluding hydrogens is 430 g/mol. The highest BCUT2D eigenvalue weighted by Gasteiger charge is 2.19. The van der Waals surface area contributed by atoms with Gasteiger partial charge in [-0.25, -0.2) is 0 Å². The molecule has 28 heavy (non-hydrogen) atoms.